The van der Waals surface area contributed by atoms with Gasteiger partial charge in [0.15, 0.2) is 0 Å². The Kier molecular flexibility index (Phi) is 9.38. The third-order valence-corrected chi connectivity index (χ3v) is 7.41. The molecule has 7 nitrogen and oxygen atoms in total. The van der Waals surface area contributed by atoms with Gasteiger partial charge in [0, 0.05) is 32.1 Å². The van der Waals surface area contributed by atoms with Crippen molar-refractivity contribution in [2.45, 2.75) is 57.2 Å². The Morgan fingerprint density at radius 2 is 1.75 bits per heavy atom. The largest absolute Gasteiger partial charge is 0.353 e. The molecule has 0 unspecified atom stereocenters. The number of aryl methyl sites for hydroxylation is 1. The average molecular weight is 541 g/mol. The summed E-state index contributed by atoms with van der Waals surface area (Å²) in [5.41, 5.74) is 7.70. The highest BCUT2D eigenvalue weighted by atomic mass is 16.2. The summed E-state index contributed by atoms with van der Waals surface area (Å²) >= 11 is 0. The molecule has 1 aliphatic rings. The van der Waals surface area contributed by atoms with Crippen molar-refractivity contribution >= 4 is 28.5 Å². The van der Waals surface area contributed by atoms with Gasteiger partial charge in [0.1, 0.15) is 12.1 Å². The van der Waals surface area contributed by atoms with Crippen LogP contribution in [0.25, 0.3) is 10.8 Å². The number of carbonyl (C=O) groups is 3. The van der Waals surface area contributed by atoms with Crippen LogP contribution in [-0.4, -0.2) is 65.3 Å². The number of nitrogens with zero attached hydrogens (tertiary/aromatic N) is 2. The predicted octanol–water partition coefficient (Wildman–Crippen LogP) is 3.85. The molecule has 1 saturated heterocycles. The summed E-state index contributed by atoms with van der Waals surface area (Å²) in [6.07, 6.45) is 5.30. The van der Waals surface area contributed by atoms with Crippen molar-refractivity contribution < 1.29 is 14.4 Å². The van der Waals surface area contributed by atoms with E-state index in [9.17, 15) is 14.4 Å². The fourth-order valence-corrected chi connectivity index (χ4v) is 5.12. The zero-order chi connectivity index (χ0) is 28.7. The molecule has 3 aromatic carbocycles. The summed E-state index contributed by atoms with van der Waals surface area (Å²) in [7, 11) is 1.66. The van der Waals surface area contributed by atoms with Crippen LogP contribution < -0.4 is 11.1 Å². The van der Waals surface area contributed by atoms with Gasteiger partial charge in [0.2, 0.25) is 17.7 Å². The summed E-state index contributed by atoms with van der Waals surface area (Å²) in [6, 6.07) is 22.7. The Morgan fingerprint density at radius 3 is 2.48 bits per heavy atom. The van der Waals surface area contributed by atoms with Crippen molar-refractivity contribution in [3.63, 3.8) is 0 Å². The first-order valence-corrected chi connectivity index (χ1v) is 13.9. The number of rotatable bonds is 10. The van der Waals surface area contributed by atoms with E-state index in [0.29, 0.717) is 38.8 Å². The van der Waals surface area contributed by atoms with Gasteiger partial charge in [-0.15, -0.1) is 0 Å². The first-order valence-electron chi connectivity index (χ1n) is 13.9. The van der Waals surface area contributed by atoms with Crippen molar-refractivity contribution in [2.75, 3.05) is 20.1 Å². The van der Waals surface area contributed by atoms with E-state index < -0.39 is 17.6 Å². The Hall–Kier alpha value is -3.97. The lowest BCUT2D eigenvalue weighted by molar-refractivity contribution is -0.149. The Balaban J connectivity index is 1.60. The summed E-state index contributed by atoms with van der Waals surface area (Å²) in [5.74, 6) is -0.644. The molecule has 1 fully saturated rings. The Bertz CT molecular complexity index is 1360. The second-order valence-electron chi connectivity index (χ2n) is 11.3. The van der Waals surface area contributed by atoms with E-state index in [2.05, 4.69) is 11.4 Å². The number of nitrogens with one attached hydrogen (secondary N) is 1. The Labute approximate surface area is 237 Å². The summed E-state index contributed by atoms with van der Waals surface area (Å²) in [6.45, 7) is 4.58. The second-order valence-corrected chi connectivity index (χ2v) is 11.3. The van der Waals surface area contributed by atoms with Gasteiger partial charge in [-0.05, 0) is 61.1 Å². The molecule has 0 spiro atoms. The molecule has 40 heavy (non-hydrogen) atoms. The van der Waals surface area contributed by atoms with Gasteiger partial charge >= 0.3 is 0 Å². The molecule has 0 bridgehead atoms. The third kappa shape index (κ3) is 7.57. The maximum absolute atomic E-state index is 14.2. The fraction of sp³-hybridized carbons (Fsp3) is 0.364. The van der Waals surface area contributed by atoms with Crippen LogP contribution in [-0.2, 0) is 27.2 Å². The van der Waals surface area contributed by atoms with E-state index in [1.54, 1.807) is 18.0 Å². The van der Waals surface area contributed by atoms with Crippen LogP contribution in [0.1, 0.15) is 37.8 Å². The number of amides is 3. The monoisotopic (exact) mass is 540 g/mol. The normalized spacial score (nSPS) is 16.6. The van der Waals surface area contributed by atoms with Gasteiger partial charge in [-0.1, -0.05) is 78.9 Å². The summed E-state index contributed by atoms with van der Waals surface area (Å²) in [4.78, 5) is 43.6. The van der Waals surface area contributed by atoms with Gasteiger partial charge in [-0.3, -0.25) is 14.4 Å². The fourth-order valence-electron chi connectivity index (χ4n) is 5.12. The predicted molar refractivity (Wildman–Crippen MR) is 160 cm³/mol. The van der Waals surface area contributed by atoms with E-state index in [0.717, 1.165) is 21.9 Å². The number of benzene rings is 3. The van der Waals surface area contributed by atoms with Crippen molar-refractivity contribution in [3.05, 3.63) is 96.1 Å². The minimum absolute atomic E-state index is 0.154. The smallest absolute Gasteiger partial charge is 0.246 e. The van der Waals surface area contributed by atoms with Crippen LogP contribution in [0, 0.1) is 0 Å². The number of fused-ring (bicyclic) bond motifs is 1. The maximum Gasteiger partial charge on any atom is 0.246 e. The van der Waals surface area contributed by atoms with Crippen LogP contribution in [0.5, 0.6) is 0 Å². The average Bonchev–Trinajstić information content (AvgIpc) is 2.94. The topological polar surface area (TPSA) is 95.7 Å². The minimum Gasteiger partial charge on any atom is -0.353 e. The molecule has 0 radical (unpaired) electrons. The van der Waals surface area contributed by atoms with Gasteiger partial charge in [-0.2, -0.15) is 0 Å². The molecule has 1 heterocycles. The van der Waals surface area contributed by atoms with Gasteiger partial charge in [0.05, 0.1) is 0 Å². The summed E-state index contributed by atoms with van der Waals surface area (Å²) in [5, 5.41) is 5.10. The molecule has 3 amide bonds. The highest BCUT2D eigenvalue weighted by Gasteiger charge is 2.38. The van der Waals surface area contributed by atoms with E-state index in [4.69, 9.17) is 5.73 Å². The summed E-state index contributed by atoms with van der Waals surface area (Å²) < 4.78 is 0. The quantitative estimate of drug-likeness (QED) is 0.382. The van der Waals surface area contributed by atoms with E-state index in [1.807, 2.05) is 80.6 Å². The molecule has 210 valence electrons. The van der Waals surface area contributed by atoms with Crippen LogP contribution in [0.4, 0.5) is 0 Å². The number of piperazine rings is 1. The third-order valence-electron chi connectivity index (χ3n) is 7.41. The van der Waals surface area contributed by atoms with Crippen LogP contribution in [0.15, 0.2) is 84.9 Å². The molecule has 3 aromatic rings. The number of likely N-dealkylation sites (N-methyl/N-ethyl adjacent to an activating group) is 1. The lowest BCUT2D eigenvalue weighted by Gasteiger charge is -2.39. The minimum atomic E-state index is -0.769. The lowest BCUT2D eigenvalue weighted by atomic mass is 9.97. The van der Waals surface area contributed by atoms with Crippen LogP contribution in [0.3, 0.4) is 0 Å². The first kappa shape index (κ1) is 29.0. The zero-order valence-electron chi connectivity index (χ0n) is 23.7. The molecular formula is C33H40N4O3. The van der Waals surface area contributed by atoms with Crippen molar-refractivity contribution in [1.29, 1.82) is 0 Å². The number of nitrogens with two attached hydrogens (primary N) is 1. The van der Waals surface area contributed by atoms with Crippen molar-refractivity contribution in [3.8, 4) is 0 Å². The molecule has 0 aromatic heterocycles. The molecule has 1 aliphatic heterocycles. The maximum atomic E-state index is 14.2. The standard InChI is InChI=1S/C33H40N4O3/c1-33(2,34)19-9-14-30(38)36(3)29(23-25-15-17-26-12-7-8-13-27(26)22-25)32(40)37-21-20-35-31(39)28(37)18-16-24-10-5-4-6-11-24/h4-15,17,22,28-29H,16,18-21,23,34H2,1-3H3,(H,35,39)/b14-9+/t28-,29-/m1/s1. The van der Waals surface area contributed by atoms with Gasteiger partial charge in [0.25, 0.3) is 0 Å². The van der Waals surface area contributed by atoms with Crippen molar-refractivity contribution in [1.82, 2.24) is 15.1 Å². The van der Waals surface area contributed by atoms with Gasteiger partial charge in [-0.25, -0.2) is 0 Å². The molecule has 7 heteroatoms. The van der Waals surface area contributed by atoms with Crippen LogP contribution >= 0.6 is 0 Å². The van der Waals surface area contributed by atoms with E-state index in [-0.39, 0.29) is 17.7 Å². The van der Waals surface area contributed by atoms with Gasteiger partial charge < -0.3 is 20.9 Å². The first-order chi connectivity index (χ1) is 19.1. The lowest BCUT2D eigenvalue weighted by Crippen LogP contribution is -2.61. The Morgan fingerprint density at radius 1 is 1.05 bits per heavy atom. The van der Waals surface area contributed by atoms with Crippen LogP contribution in [0.2, 0.25) is 0 Å². The molecule has 2 atom stereocenters. The van der Waals surface area contributed by atoms with Crippen molar-refractivity contribution in [2.24, 2.45) is 5.73 Å². The molecular weight excluding hydrogens is 500 g/mol. The molecule has 0 aliphatic carbocycles. The number of hydrogen-bond donors (Lipinski definition) is 2. The molecule has 3 N–H and O–H groups in total. The highest BCUT2D eigenvalue weighted by molar-refractivity contribution is 5.95. The number of carbonyl (C=O) groups excluding carboxylic acids is 3. The zero-order valence-corrected chi connectivity index (χ0v) is 23.7. The molecule has 4 rings (SSSR count). The molecule has 0 saturated carbocycles. The van der Waals surface area contributed by atoms with E-state index in [1.165, 1.54) is 11.0 Å². The second kappa shape index (κ2) is 12.9. The number of hydrogen-bond acceptors (Lipinski definition) is 4. The SMILES string of the molecule is CN(C(=O)/C=C/CC(C)(C)N)[C@H](Cc1ccc2ccccc2c1)C(=O)N1CCNC(=O)[C@H]1CCc1ccccc1. The highest BCUT2D eigenvalue weighted by Crippen LogP contribution is 2.21. The van der Waals surface area contributed by atoms with E-state index >= 15 is 0 Å².